The van der Waals surface area contributed by atoms with Crippen LogP contribution in [0.1, 0.15) is 43.9 Å². The summed E-state index contributed by atoms with van der Waals surface area (Å²) in [6.07, 6.45) is 1.15. The minimum absolute atomic E-state index is 0.0123. The van der Waals surface area contributed by atoms with Crippen LogP contribution in [0.5, 0.6) is 0 Å². The number of carbonyl (C=O) groups excluding carboxylic acids is 1. The van der Waals surface area contributed by atoms with Gasteiger partial charge >= 0.3 is 6.09 Å². The molecule has 0 spiro atoms. The van der Waals surface area contributed by atoms with E-state index in [1.165, 1.54) is 5.46 Å². The summed E-state index contributed by atoms with van der Waals surface area (Å²) in [7, 11) is 2.06. The predicted molar refractivity (Wildman–Crippen MR) is 108 cm³/mol. The molecule has 134 valence electrons. The van der Waals surface area contributed by atoms with Crippen LogP contribution in [0.15, 0.2) is 66.7 Å². The summed E-state index contributed by atoms with van der Waals surface area (Å²) >= 11 is 0. The Balaban J connectivity index is 1.84. The molecule has 1 saturated heterocycles. The van der Waals surface area contributed by atoms with E-state index in [0.29, 0.717) is 13.0 Å². The molecule has 1 amide bonds. The molecular formula is C22H26BNO2. The Labute approximate surface area is 157 Å². The molecule has 0 N–H and O–H groups in total. The van der Waals surface area contributed by atoms with Gasteiger partial charge in [-0.15, -0.1) is 0 Å². The normalized spacial score (nSPS) is 21.2. The van der Waals surface area contributed by atoms with Gasteiger partial charge in [-0.3, -0.25) is 0 Å². The second-order valence-corrected chi connectivity index (χ2v) is 7.39. The second-order valence-electron chi connectivity index (χ2n) is 7.39. The van der Waals surface area contributed by atoms with E-state index in [4.69, 9.17) is 4.74 Å². The number of amides is 1. The maximum absolute atomic E-state index is 12.9. The quantitative estimate of drug-likeness (QED) is 0.610. The molecule has 0 unspecified atom stereocenters. The summed E-state index contributed by atoms with van der Waals surface area (Å²) in [4.78, 5) is 14.7. The van der Waals surface area contributed by atoms with Crippen LogP contribution in [-0.2, 0) is 10.3 Å². The van der Waals surface area contributed by atoms with Gasteiger partial charge in [-0.05, 0) is 25.0 Å². The number of hydrogen-bond donors (Lipinski definition) is 0. The molecule has 0 saturated carbocycles. The van der Waals surface area contributed by atoms with E-state index < -0.39 is 5.60 Å². The van der Waals surface area contributed by atoms with Gasteiger partial charge in [0.2, 0.25) is 0 Å². The lowest BCUT2D eigenvalue weighted by atomic mass is 9.83. The topological polar surface area (TPSA) is 29.5 Å². The van der Waals surface area contributed by atoms with Gasteiger partial charge in [0.15, 0.2) is 0 Å². The van der Waals surface area contributed by atoms with Crippen LogP contribution >= 0.6 is 0 Å². The van der Waals surface area contributed by atoms with E-state index in [1.807, 2.05) is 42.2 Å². The smallest absolute Gasteiger partial charge is 0.411 e. The lowest BCUT2D eigenvalue weighted by molar-refractivity contribution is -0.0602. The van der Waals surface area contributed by atoms with Crippen molar-refractivity contribution in [3.05, 3.63) is 77.9 Å². The number of ether oxygens (including phenoxy) is 1. The van der Waals surface area contributed by atoms with Crippen LogP contribution in [0, 0.1) is 0 Å². The zero-order chi connectivity index (χ0) is 18.7. The molecule has 3 nitrogen and oxygen atoms in total. The summed E-state index contributed by atoms with van der Waals surface area (Å²) < 4.78 is 6.08. The van der Waals surface area contributed by atoms with E-state index in [2.05, 4.69) is 45.6 Å². The molecule has 0 radical (unpaired) electrons. The van der Waals surface area contributed by atoms with Gasteiger partial charge < -0.3 is 9.64 Å². The van der Waals surface area contributed by atoms with Crippen molar-refractivity contribution in [2.24, 2.45) is 0 Å². The third-order valence-electron chi connectivity index (χ3n) is 5.19. The van der Waals surface area contributed by atoms with Crippen molar-refractivity contribution < 1.29 is 9.53 Å². The lowest BCUT2D eigenvalue weighted by Gasteiger charge is -2.43. The van der Waals surface area contributed by atoms with Crippen molar-refractivity contribution in [2.75, 3.05) is 6.54 Å². The van der Waals surface area contributed by atoms with E-state index in [9.17, 15) is 4.79 Å². The van der Waals surface area contributed by atoms with Crippen LogP contribution in [0.4, 0.5) is 4.79 Å². The molecule has 4 heteroatoms. The SMILES string of the molecule is Bc1ccc([C@H](C)N2CC[C@](CC(=C)C)(c3ccccc3)OC2=O)cc1. The molecular weight excluding hydrogens is 321 g/mol. The molecule has 1 aliphatic rings. The van der Waals surface area contributed by atoms with E-state index in [1.54, 1.807) is 0 Å². The molecule has 0 aliphatic carbocycles. The van der Waals surface area contributed by atoms with Gasteiger partial charge in [0.25, 0.3) is 0 Å². The van der Waals surface area contributed by atoms with Crippen LogP contribution in [0.25, 0.3) is 0 Å². The first kappa shape index (κ1) is 18.3. The highest BCUT2D eigenvalue weighted by atomic mass is 16.6. The van der Waals surface area contributed by atoms with E-state index in [-0.39, 0.29) is 12.1 Å². The molecule has 1 fully saturated rings. The number of rotatable bonds is 5. The predicted octanol–water partition coefficient (Wildman–Crippen LogP) is 3.71. The fraction of sp³-hybridized carbons (Fsp3) is 0.318. The standard InChI is InChI=1S/C22H26BNO2/c1-16(2)15-22(19-7-5-4-6-8-19)13-14-24(21(25)26-22)17(3)18-9-11-20(23)12-10-18/h4-12,17H,1,13-15,23H2,2-3H3/t17-,22-/m0/s1. The zero-order valence-electron chi connectivity index (χ0n) is 15.9. The summed E-state index contributed by atoms with van der Waals surface area (Å²) in [5, 5.41) is 0. The first-order valence-electron chi connectivity index (χ1n) is 9.17. The Morgan fingerprint density at radius 3 is 2.46 bits per heavy atom. The van der Waals surface area contributed by atoms with Crippen LogP contribution in [-0.4, -0.2) is 25.4 Å². The first-order chi connectivity index (χ1) is 12.4. The highest BCUT2D eigenvalue weighted by Crippen LogP contribution is 2.40. The Kier molecular flexibility index (Phi) is 5.22. The minimum atomic E-state index is -0.617. The minimum Gasteiger partial charge on any atom is -0.437 e. The van der Waals surface area contributed by atoms with Crippen LogP contribution < -0.4 is 5.46 Å². The second kappa shape index (κ2) is 7.41. The lowest BCUT2D eigenvalue weighted by Crippen LogP contribution is -2.48. The molecule has 2 aromatic rings. The Morgan fingerprint density at radius 2 is 1.88 bits per heavy atom. The monoisotopic (exact) mass is 347 g/mol. The molecule has 0 bridgehead atoms. The highest BCUT2D eigenvalue weighted by Gasteiger charge is 2.43. The maximum atomic E-state index is 12.9. The molecule has 2 atom stereocenters. The average molecular weight is 347 g/mol. The molecule has 1 heterocycles. The third kappa shape index (κ3) is 3.69. The fourth-order valence-corrected chi connectivity index (χ4v) is 3.70. The van der Waals surface area contributed by atoms with Crippen molar-refractivity contribution in [3.63, 3.8) is 0 Å². The highest BCUT2D eigenvalue weighted by molar-refractivity contribution is 6.32. The number of nitrogens with zero attached hydrogens (tertiary/aromatic N) is 1. The Bertz CT molecular complexity index is 788. The molecule has 2 aromatic carbocycles. The molecule has 26 heavy (non-hydrogen) atoms. The van der Waals surface area contributed by atoms with E-state index >= 15 is 0 Å². The van der Waals surface area contributed by atoms with Gasteiger partial charge in [0, 0.05) is 19.4 Å². The van der Waals surface area contributed by atoms with Crippen molar-refractivity contribution in [1.29, 1.82) is 0 Å². The number of carbonyl (C=O) groups is 1. The molecule has 1 aliphatic heterocycles. The Morgan fingerprint density at radius 1 is 1.23 bits per heavy atom. The van der Waals surface area contributed by atoms with Crippen molar-refractivity contribution >= 4 is 19.4 Å². The summed E-state index contributed by atoms with van der Waals surface area (Å²) in [5.41, 5.74) is 3.78. The number of cyclic esters (lactones) is 1. The maximum Gasteiger partial charge on any atom is 0.411 e. The van der Waals surface area contributed by atoms with Gasteiger partial charge in [-0.1, -0.05) is 72.2 Å². The number of benzene rings is 2. The molecule has 3 rings (SSSR count). The summed E-state index contributed by atoms with van der Waals surface area (Å²) in [5.74, 6) is 0. The Hall–Kier alpha value is -2.49. The van der Waals surface area contributed by atoms with Crippen molar-refractivity contribution in [3.8, 4) is 0 Å². The van der Waals surface area contributed by atoms with Crippen molar-refractivity contribution in [1.82, 2.24) is 4.90 Å². The first-order valence-corrected chi connectivity index (χ1v) is 9.17. The van der Waals surface area contributed by atoms with Gasteiger partial charge in [0.05, 0.1) is 6.04 Å². The van der Waals surface area contributed by atoms with Gasteiger partial charge in [-0.2, -0.15) is 0 Å². The van der Waals surface area contributed by atoms with Gasteiger partial charge in [0.1, 0.15) is 13.4 Å². The summed E-state index contributed by atoms with van der Waals surface area (Å²) in [6, 6.07) is 18.4. The number of hydrogen-bond acceptors (Lipinski definition) is 2. The van der Waals surface area contributed by atoms with E-state index in [0.717, 1.165) is 23.1 Å². The average Bonchev–Trinajstić information content (AvgIpc) is 2.62. The summed E-state index contributed by atoms with van der Waals surface area (Å²) in [6.45, 7) is 8.75. The zero-order valence-corrected chi connectivity index (χ0v) is 15.9. The van der Waals surface area contributed by atoms with Gasteiger partial charge in [-0.25, -0.2) is 4.79 Å². The molecule has 0 aromatic heterocycles. The third-order valence-corrected chi connectivity index (χ3v) is 5.19. The van der Waals surface area contributed by atoms with Crippen molar-refractivity contribution in [2.45, 2.75) is 38.3 Å². The fourth-order valence-electron chi connectivity index (χ4n) is 3.70. The van der Waals surface area contributed by atoms with Crippen LogP contribution in [0.3, 0.4) is 0 Å². The largest absolute Gasteiger partial charge is 0.437 e. The van der Waals surface area contributed by atoms with Crippen LogP contribution in [0.2, 0.25) is 0 Å².